The maximum atomic E-state index is 11.9. The Morgan fingerprint density at radius 1 is 1.37 bits per heavy atom. The van der Waals surface area contributed by atoms with E-state index in [9.17, 15) is 9.59 Å². The number of alkyl halides is 1. The van der Waals surface area contributed by atoms with Gasteiger partial charge in [-0.2, -0.15) is 0 Å². The van der Waals surface area contributed by atoms with Crippen LogP contribution in [0.5, 0.6) is 5.75 Å². The van der Waals surface area contributed by atoms with Crippen LogP contribution in [0.1, 0.15) is 31.1 Å². The van der Waals surface area contributed by atoms with Crippen molar-refractivity contribution in [2.75, 3.05) is 11.5 Å². The quantitative estimate of drug-likeness (QED) is 0.632. The zero-order valence-electron chi connectivity index (χ0n) is 11.1. The molecule has 0 fully saturated rings. The van der Waals surface area contributed by atoms with Crippen LogP contribution < -0.4 is 9.64 Å². The number of ether oxygens (including phenoxy) is 1. The number of halogens is 1. The molecular formula is C14H16ClNO3. The molecule has 4 nitrogen and oxygen atoms in total. The zero-order valence-corrected chi connectivity index (χ0v) is 11.9. The van der Waals surface area contributed by atoms with Crippen molar-refractivity contribution >= 4 is 29.0 Å². The number of ketones is 1. The Bertz CT molecular complexity index is 525. The summed E-state index contributed by atoms with van der Waals surface area (Å²) in [5.41, 5.74) is 1.12. The number of hydrogen-bond donors (Lipinski definition) is 0. The number of amides is 1. The first-order chi connectivity index (χ1) is 8.91. The molecule has 1 amide bonds. The van der Waals surface area contributed by atoms with Crippen LogP contribution in [-0.2, 0) is 4.79 Å². The average Bonchev–Trinajstić information content (AvgIpc) is 2.36. The van der Waals surface area contributed by atoms with E-state index in [4.69, 9.17) is 16.3 Å². The highest BCUT2D eigenvalue weighted by molar-refractivity contribution is 6.33. The summed E-state index contributed by atoms with van der Waals surface area (Å²) in [6, 6.07) is 5.07. The Kier molecular flexibility index (Phi) is 3.80. The van der Waals surface area contributed by atoms with E-state index in [2.05, 4.69) is 0 Å². The summed E-state index contributed by atoms with van der Waals surface area (Å²) >= 11 is 5.81. The van der Waals surface area contributed by atoms with Crippen LogP contribution in [-0.4, -0.2) is 29.7 Å². The lowest BCUT2D eigenvalue weighted by Crippen LogP contribution is -2.43. The van der Waals surface area contributed by atoms with Crippen LogP contribution in [0, 0.1) is 0 Å². The van der Waals surface area contributed by atoms with Crippen molar-refractivity contribution in [2.45, 2.75) is 32.2 Å². The van der Waals surface area contributed by atoms with Gasteiger partial charge in [-0.1, -0.05) is 0 Å². The first-order valence-electron chi connectivity index (χ1n) is 6.19. The van der Waals surface area contributed by atoms with Crippen molar-refractivity contribution in [3.63, 3.8) is 0 Å². The third-order valence-corrected chi connectivity index (χ3v) is 3.20. The van der Waals surface area contributed by atoms with Crippen molar-refractivity contribution in [3.05, 3.63) is 23.8 Å². The minimum atomic E-state index is -0.592. The third kappa shape index (κ3) is 2.59. The number of Topliss-reactive ketones (excluding diaryl/α,β-unsaturated/α-hetero) is 1. The lowest BCUT2D eigenvalue weighted by atomic mass is 10.1. The second-order valence-electron chi connectivity index (χ2n) is 4.81. The molecule has 1 aliphatic heterocycles. The molecule has 1 aliphatic rings. The molecule has 0 bridgehead atoms. The first-order valence-corrected chi connectivity index (χ1v) is 6.62. The largest absolute Gasteiger partial charge is 0.482 e. The molecule has 5 heteroatoms. The fourth-order valence-corrected chi connectivity index (χ4v) is 2.25. The summed E-state index contributed by atoms with van der Waals surface area (Å²) in [5, 5.41) is -0.592. The van der Waals surface area contributed by atoms with E-state index in [1.54, 1.807) is 30.0 Å². The van der Waals surface area contributed by atoms with Gasteiger partial charge < -0.3 is 9.64 Å². The Labute approximate surface area is 117 Å². The molecular weight excluding hydrogens is 266 g/mol. The predicted octanol–water partition coefficient (Wildman–Crippen LogP) is 2.63. The van der Waals surface area contributed by atoms with Gasteiger partial charge in [0.2, 0.25) is 0 Å². The van der Waals surface area contributed by atoms with Gasteiger partial charge in [0.1, 0.15) is 5.75 Å². The maximum Gasteiger partial charge on any atom is 0.265 e. The third-order valence-electron chi connectivity index (χ3n) is 3.00. The average molecular weight is 282 g/mol. The molecule has 1 aromatic rings. The second kappa shape index (κ2) is 5.21. The highest BCUT2D eigenvalue weighted by atomic mass is 35.5. The molecule has 0 saturated heterocycles. The number of rotatable bonds is 3. The molecule has 19 heavy (non-hydrogen) atoms. The number of nitrogens with zero attached hydrogens (tertiary/aromatic N) is 1. The lowest BCUT2D eigenvalue weighted by Gasteiger charge is -2.32. The first kappa shape index (κ1) is 13.9. The summed E-state index contributed by atoms with van der Waals surface area (Å²) < 4.78 is 5.38. The fourth-order valence-electron chi connectivity index (χ4n) is 2.12. The van der Waals surface area contributed by atoms with Gasteiger partial charge in [0.25, 0.3) is 5.91 Å². The van der Waals surface area contributed by atoms with Crippen molar-refractivity contribution in [1.29, 1.82) is 0 Å². The number of hydrogen-bond acceptors (Lipinski definition) is 3. The maximum absolute atomic E-state index is 11.9. The SMILES string of the molecule is CC(Cl)C(=O)c1ccc2c(c1)N(C(C)C)C(=O)CO2. The normalized spacial score (nSPS) is 16.1. The number of benzene rings is 1. The van der Waals surface area contributed by atoms with Crippen LogP contribution in [0.25, 0.3) is 0 Å². The summed E-state index contributed by atoms with van der Waals surface area (Å²) in [7, 11) is 0. The molecule has 0 aromatic heterocycles. The highest BCUT2D eigenvalue weighted by Crippen LogP contribution is 2.34. The van der Waals surface area contributed by atoms with Crippen molar-refractivity contribution in [3.8, 4) is 5.75 Å². The smallest absolute Gasteiger partial charge is 0.265 e. The van der Waals surface area contributed by atoms with Crippen molar-refractivity contribution < 1.29 is 14.3 Å². The fraction of sp³-hybridized carbons (Fsp3) is 0.429. The van der Waals surface area contributed by atoms with E-state index in [0.717, 1.165) is 0 Å². The molecule has 1 atom stereocenters. The predicted molar refractivity (Wildman–Crippen MR) is 74.2 cm³/mol. The zero-order chi connectivity index (χ0) is 14.2. The molecule has 102 valence electrons. The van der Waals surface area contributed by atoms with Crippen molar-refractivity contribution in [1.82, 2.24) is 0 Å². The van der Waals surface area contributed by atoms with Crippen molar-refractivity contribution in [2.24, 2.45) is 0 Å². The molecule has 1 aromatic carbocycles. The standard InChI is InChI=1S/C14H16ClNO3/c1-8(2)16-11-6-10(14(18)9(3)15)4-5-12(11)19-7-13(16)17/h4-6,8-9H,7H2,1-3H3. The van der Waals surface area contributed by atoms with E-state index in [0.29, 0.717) is 17.0 Å². The van der Waals surface area contributed by atoms with Gasteiger partial charge >= 0.3 is 0 Å². The lowest BCUT2D eigenvalue weighted by molar-refractivity contribution is -0.121. The van der Waals surface area contributed by atoms with E-state index < -0.39 is 5.38 Å². The Morgan fingerprint density at radius 2 is 2.05 bits per heavy atom. The van der Waals surface area contributed by atoms with Gasteiger partial charge in [0, 0.05) is 11.6 Å². The van der Waals surface area contributed by atoms with E-state index in [1.807, 2.05) is 13.8 Å². The molecule has 0 aliphatic carbocycles. The minimum absolute atomic E-state index is 0.00827. The Balaban J connectivity index is 2.47. The Morgan fingerprint density at radius 3 is 2.63 bits per heavy atom. The van der Waals surface area contributed by atoms with Crippen LogP contribution in [0.3, 0.4) is 0 Å². The van der Waals surface area contributed by atoms with Gasteiger partial charge in [-0.05, 0) is 39.0 Å². The molecule has 1 unspecified atom stereocenters. The van der Waals surface area contributed by atoms with E-state index >= 15 is 0 Å². The molecule has 0 spiro atoms. The van der Waals surface area contributed by atoms with Gasteiger partial charge in [0.15, 0.2) is 12.4 Å². The van der Waals surface area contributed by atoms with E-state index in [-0.39, 0.29) is 24.3 Å². The Hall–Kier alpha value is -1.55. The van der Waals surface area contributed by atoms with Crippen LogP contribution in [0.2, 0.25) is 0 Å². The van der Waals surface area contributed by atoms with Crippen LogP contribution >= 0.6 is 11.6 Å². The minimum Gasteiger partial charge on any atom is -0.482 e. The summed E-state index contributed by atoms with van der Waals surface area (Å²) in [6.45, 7) is 5.51. The van der Waals surface area contributed by atoms with Gasteiger partial charge in [-0.15, -0.1) is 11.6 Å². The molecule has 0 saturated carbocycles. The summed E-state index contributed by atoms with van der Waals surface area (Å²) in [5.74, 6) is 0.351. The topological polar surface area (TPSA) is 46.6 Å². The molecule has 2 rings (SSSR count). The molecule has 0 radical (unpaired) electrons. The monoisotopic (exact) mass is 281 g/mol. The molecule has 0 N–H and O–H groups in total. The highest BCUT2D eigenvalue weighted by Gasteiger charge is 2.28. The summed E-state index contributed by atoms with van der Waals surface area (Å²) in [4.78, 5) is 25.5. The molecule has 1 heterocycles. The van der Waals surface area contributed by atoms with E-state index in [1.165, 1.54) is 0 Å². The number of carbonyl (C=O) groups excluding carboxylic acids is 2. The van der Waals surface area contributed by atoms with Gasteiger partial charge in [-0.25, -0.2) is 0 Å². The van der Waals surface area contributed by atoms with Crippen LogP contribution in [0.4, 0.5) is 5.69 Å². The van der Waals surface area contributed by atoms with Crippen LogP contribution in [0.15, 0.2) is 18.2 Å². The van der Waals surface area contributed by atoms with Gasteiger partial charge in [0.05, 0.1) is 11.1 Å². The second-order valence-corrected chi connectivity index (χ2v) is 5.46. The summed E-state index contributed by atoms with van der Waals surface area (Å²) in [6.07, 6.45) is 0. The number of carbonyl (C=O) groups is 2. The number of anilines is 1. The van der Waals surface area contributed by atoms with Gasteiger partial charge in [-0.3, -0.25) is 9.59 Å². The number of fused-ring (bicyclic) bond motifs is 1.